The molecule has 0 heterocycles. The van der Waals surface area contributed by atoms with Gasteiger partial charge in [0, 0.05) is 6.54 Å². The molecule has 1 aromatic rings. The lowest BCUT2D eigenvalue weighted by Crippen LogP contribution is -2.16. The van der Waals surface area contributed by atoms with Crippen LogP contribution >= 0.6 is 0 Å². The molecule has 0 bridgehead atoms. The van der Waals surface area contributed by atoms with E-state index in [0.717, 1.165) is 18.2 Å². The highest BCUT2D eigenvalue weighted by Crippen LogP contribution is 2.32. The monoisotopic (exact) mass is 221 g/mol. The minimum atomic E-state index is -4.43. The van der Waals surface area contributed by atoms with Crippen molar-refractivity contribution in [2.24, 2.45) is 0 Å². The smallest absolute Gasteiger partial charge is 0.305 e. The fraction of sp³-hybridized carbons (Fsp3) is 0.400. The van der Waals surface area contributed by atoms with E-state index in [1.807, 2.05) is 0 Å². The lowest BCUT2D eigenvalue weighted by atomic mass is 10.1. The Bertz CT molecular complexity index is 344. The molecule has 1 rings (SSSR count). The summed E-state index contributed by atoms with van der Waals surface area (Å²) in [4.78, 5) is 1.56. The second-order valence-electron chi connectivity index (χ2n) is 3.54. The molecular weight excluding hydrogens is 210 g/mol. The van der Waals surface area contributed by atoms with Crippen LogP contribution in [0, 0.1) is 5.82 Å². The number of alkyl halides is 3. The van der Waals surface area contributed by atoms with Gasteiger partial charge in [-0.15, -0.1) is 0 Å². The zero-order chi connectivity index (χ0) is 11.6. The van der Waals surface area contributed by atoms with E-state index in [9.17, 15) is 17.6 Å². The van der Waals surface area contributed by atoms with Gasteiger partial charge in [0.25, 0.3) is 0 Å². The summed E-state index contributed by atoms with van der Waals surface area (Å²) in [6.45, 7) is 0.0621. The van der Waals surface area contributed by atoms with Crippen molar-refractivity contribution in [1.82, 2.24) is 4.90 Å². The van der Waals surface area contributed by atoms with Crippen LogP contribution in [0.4, 0.5) is 17.6 Å². The summed E-state index contributed by atoms with van der Waals surface area (Å²) in [5, 5.41) is 0. The van der Waals surface area contributed by atoms with Crippen LogP contribution in [0.25, 0.3) is 0 Å². The van der Waals surface area contributed by atoms with Gasteiger partial charge < -0.3 is 4.90 Å². The van der Waals surface area contributed by atoms with Crippen LogP contribution in [0.3, 0.4) is 0 Å². The van der Waals surface area contributed by atoms with Crippen molar-refractivity contribution >= 4 is 0 Å². The average Bonchev–Trinajstić information content (AvgIpc) is 1.99. The summed E-state index contributed by atoms with van der Waals surface area (Å²) >= 11 is 0. The molecule has 0 unspecified atom stereocenters. The van der Waals surface area contributed by atoms with Gasteiger partial charge in [-0.1, -0.05) is 0 Å². The van der Waals surface area contributed by atoms with E-state index >= 15 is 0 Å². The van der Waals surface area contributed by atoms with Gasteiger partial charge in [0.2, 0.25) is 0 Å². The molecule has 1 nitrogen and oxygen atoms in total. The van der Waals surface area contributed by atoms with E-state index in [2.05, 4.69) is 0 Å². The van der Waals surface area contributed by atoms with Gasteiger partial charge in [0.15, 0.2) is 0 Å². The standard InChI is InChI=1S/C10H11F4N/c1-15(2)6-7-5-8(11)3-4-9(7)10(12,13)14/h3-5H,6H2,1-2H3. The summed E-state index contributed by atoms with van der Waals surface area (Å²) in [7, 11) is 3.26. The van der Waals surface area contributed by atoms with E-state index in [4.69, 9.17) is 0 Å². The Morgan fingerprint density at radius 3 is 2.27 bits per heavy atom. The summed E-state index contributed by atoms with van der Waals surface area (Å²) < 4.78 is 50.3. The van der Waals surface area contributed by atoms with Gasteiger partial charge in [-0.3, -0.25) is 0 Å². The van der Waals surface area contributed by atoms with Crippen molar-refractivity contribution < 1.29 is 17.6 Å². The van der Waals surface area contributed by atoms with Crippen LogP contribution in [0.1, 0.15) is 11.1 Å². The van der Waals surface area contributed by atoms with E-state index < -0.39 is 17.6 Å². The summed E-state index contributed by atoms with van der Waals surface area (Å²) in [5.41, 5.74) is -0.829. The summed E-state index contributed by atoms with van der Waals surface area (Å²) in [6, 6.07) is 2.51. The predicted octanol–water partition coefficient (Wildman–Crippen LogP) is 2.91. The van der Waals surface area contributed by atoms with Crippen molar-refractivity contribution in [1.29, 1.82) is 0 Å². The van der Waals surface area contributed by atoms with E-state index in [0.29, 0.717) is 0 Å². The lowest BCUT2D eigenvalue weighted by molar-refractivity contribution is -0.138. The Labute approximate surface area is 85.3 Å². The normalized spacial score (nSPS) is 12.2. The molecule has 5 heteroatoms. The van der Waals surface area contributed by atoms with Gasteiger partial charge in [-0.05, 0) is 37.9 Å². The van der Waals surface area contributed by atoms with Crippen LogP contribution in [0.15, 0.2) is 18.2 Å². The third kappa shape index (κ3) is 3.20. The number of hydrogen-bond acceptors (Lipinski definition) is 1. The Morgan fingerprint density at radius 2 is 1.80 bits per heavy atom. The van der Waals surface area contributed by atoms with Crippen LogP contribution in [-0.4, -0.2) is 19.0 Å². The zero-order valence-electron chi connectivity index (χ0n) is 8.40. The van der Waals surface area contributed by atoms with Crippen LogP contribution in [0.2, 0.25) is 0 Å². The highest BCUT2D eigenvalue weighted by Gasteiger charge is 2.33. The lowest BCUT2D eigenvalue weighted by Gasteiger charge is -2.16. The topological polar surface area (TPSA) is 3.24 Å². The number of rotatable bonds is 2. The van der Waals surface area contributed by atoms with Gasteiger partial charge in [-0.25, -0.2) is 4.39 Å². The Kier molecular flexibility index (Phi) is 3.34. The Morgan fingerprint density at radius 1 is 1.20 bits per heavy atom. The SMILES string of the molecule is CN(C)Cc1cc(F)ccc1C(F)(F)F. The fourth-order valence-corrected chi connectivity index (χ4v) is 1.31. The second-order valence-corrected chi connectivity index (χ2v) is 3.54. The van der Waals surface area contributed by atoms with Gasteiger partial charge in [0.05, 0.1) is 5.56 Å². The Balaban J connectivity index is 3.15. The molecule has 0 aromatic heterocycles. The first-order chi connectivity index (χ1) is 6.80. The molecular formula is C10H11F4N. The first kappa shape index (κ1) is 12.0. The van der Waals surface area contributed by atoms with Crippen molar-refractivity contribution in [3.63, 3.8) is 0 Å². The molecule has 0 aliphatic rings. The molecule has 84 valence electrons. The predicted molar refractivity (Wildman–Crippen MR) is 48.8 cm³/mol. The maximum Gasteiger partial charge on any atom is 0.416 e. The van der Waals surface area contributed by atoms with E-state index in [1.54, 1.807) is 19.0 Å². The summed E-state index contributed by atoms with van der Waals surface area (Å²) in [6.07, 6.45) is -4.43. The maximum absolute atomic E-state index is 12.8. The molecule has 0 N–H and O–H groups in total. The van der Waals surface area contributed by atoms with Gasteiger partial charge in [-0.2, -0.15) is 13.2 Å². The van der Waals surface area contributed by atoms with Crippen LogP contribution in [0.5, 0.6) is 0 Å². The molecule has 0 radical (unpaired) electrons. The van der Waals surface area contributed by atoms with Crippen molar-refractivity contribution in [2.75, 3.05) is 14.1 Å². The third-order valence-electron chi connectivity index (χ3n) is 1.86. The van der Waals surface area contributed by atoms with Crippen molar-refractivity contribution in [3.8, 4) is 0 Å². The molecule has 0 amide bonds. The quantitative estimate of drug-likeness (QED) is 0.694. The molecule has 0 aliphatic carbocycles. The minimum absolute atomic E-state index is 0.0486. The largest absolute Gasteiger partial charge is 0.416 e. The molecule has 0 atom stereocenters. The fourth-order valence-electron chi connectivity index (χ4n) is 1.31. The van der Waals surface area contributed by atoms with Gasteiger partial charge in [0.1, 0.15) is 5.82 Å². The third-order valence-corrected chi connectivity index (χ3v) is 1.86. The van der Waals surface area contributed by atoms with E-state index in [1.165, 1.54) is 0 Å². The number of nitrogens with zero attached hydrogens (tertiary/aromatic N) is 1. The van der Waals surface area contributed by atoms with Crippen molar-refractivity contribution in [3.05, 3.63) is 35.1 Å². The first-order valence-electron chi connectivity index (χ1n) is 4.31. The molecule has 0 saturated carbocycles. The number of benzene rings is 1. The van der Waals surface area contributed by atoms with Gasteiger partial charge >= 0.3 is 6.18 Å². The van der Waals surface area contributed by atoms with E-state index in [-0.39, 0.29) is 12.1 Å². The zero-order valence-corrected chi connectivity index (χ0v) is 8.40. The first-order valence-corrected chi connectivity index (χ1v) is 4.31. The second kappa shape index (κ2) is 4.18. The average molecular weight is 221 g/mol. The minimum Gasteiger partial charge on any atom is -0.305 e. The summed E-state index contributed by atoms with van der Waals surface area (Å²) in [5.74, 6) is -0.653. The highest BCUT2D eigenvalue weighted by atomic mass is 19.4. The molecule has 0 aliphatic heterocycles. The highest BCUT2D eigenvalue weighted by molar-refractivity contribution is 5.30. The number of halogens is 4. The maximum atomic E-state index is 12.8. The molecule has 1 aromatic carbocycles. The molecule has 15 heavy (non-hydrogen) atoms. The molecule has 0 spiro atoms. The van der Waals surface area contributed by atoms with Crippen LogP contribution < -0.4 is 0 Å². The van der Waals surface area contributed by atoms with Crippen LogP contribution in [-0.2, 0) is 12.7 Å². The molecule has 0 saturated heterocycles. The Hall–Kier alpha value is -1.10. The molecule has 0 fully saturated rings. The van der Waals surface area contributed by atoms with Crippen molar-refractivity contribution in [2.45, 2.75) is 12.7 Å². The number of hydrogen-bond donors (Lipinski definition) is 0.